The maximum atomic E-state index is 12.7. The molecule has 2 atom stereocenters. The Morgan fingerprint density at radius 2 is 2.06 bits per heavy atom. The van der Waals surface area contributed by atoms with E-state index in [0.717, 1.165) is 32.1 Å². The van der Waals surface area contributed by atoms with E-state index in [1.54, 1.807) is 6.08 Å². The SMILES string of the molecule is C=CCC1CCC2(CCCC2=O)C(=O)N1CC=C. The van der Waals surface area contributed by atoms with Gasteiger partial charge in [0.1, 0.15) is 11.2 Å². The Kier molecular flexibility index (Phi) is 3.69. The van der Waals surface area contributed by atoms with Crippen LogP contribution in [0.2, 0.25) is 0 Å². The molecule has 98 valence electrons. The maximum absolute atomic E-state index is 12.7. The van der Waals surface area contributed by atoms with Crippen molar-refractivity contribution >= 4 is 11.7 Å². The fraction of sp³-hybridized carbons (Fsp3) is 0.600. The molecule has 0 N–H and O–H groups in total. The third-order valence-electron chi connectivity index (χ3n) is 4.32. The Hall–Kier alpha value is -1.38. The second kappa shape index (κ2) is 5.09. The molecule has 1 saturated carbocycles. The Bertz CT molecular complexity index is 388. The largest absolute Gasteiger partial charge is 0.335 e. The fourth-order valence-electron chi connectivity index (χ4n) is 3.35. The molecule has 1 aliphatic carbocycles. The van der Waals surface area contributed by atoms with Crippen molar-refractivity contribution < 1.29 is 9.59 Å². The van der Waals surface area contributed by atoms with Gasteiger partial charge in [0.25, 0.3) is 0 Å². The zero-order chi connectivity index (χ0) is 13.2. The van der Waals surface area contributed by atoms with E-state index < -0.39 is 5.41 Å². The normalized spacial score (nSPS) is 32.0. The van der Waals surface area contributed by atoms with E-state index >= 15 is 0 Å². The summed E-state index contributed by atoms with van der Waals surface area (Å²) in [5, 5.41) is 0. The molecule has 0 aromatic heterocycles. The van der Waals surface area contributed by atoms with Crippen LogP contribution in [0.4, 0.5) is 0 Å². The molecule has 3 heteroatoms. The molecule has 2 aliphatic rings. The monoisotopic (exact) mass is 247 g/mol. The first-order chi connectivity index (χ1) is 8.65. The van der Waals surface area contributed by atoms with Crippen molar-refractivity contribution in [2.75, 3.05) is 6.54 Å². The second-order valence-electron chi connectivity index (χ2n) is 5.32. The van der Waals surface area contributed by atoms with Crippen molar-refractivity contribution in [1.82, 2.24) is 4.90 Å². The van der Waals surface area contributed by atoms with Gasteiger partial charge < -0.3 is 4.90 Å². The highest BCUT2D eigenvalue weighted by Gasteiger charge is 2.53. The first kappa shape index (κ1) is 13.1. The summed E-state index contributed by atoms with van der Waals surface area (Å²) in [5.74, 6) is 0.182. The van der Waals surface area contributed by atoms with E-state index in [1.165, 1.54) is 0 Å². The van der Waals surface area contributed by atoms with Crippen LogP contribution in [0.3, 0.4) is 0 Å². The molecular formula is C15H21NO2. The number of rotatable bonds is 4. The summed E-state index contributed by atoms with van der Waals surface area (Å²) in [6.45, 7) is 7.99. The summed E-state index contributed by atoms with van der Waals surface area (Å²) in [6, 6.07) is 0.187. The Morgan fingerprint density at radius 1 is 1.28 bits per heavy atom. The van der Waals surface area contributed by atoms with Crippen LogP contribution in [-0.2, 0) is 9.59 Å². The van der Waals surface area contributed by atoms with Crippen molar-refractivity contribution in [3.05, 3.63) is 25.3 Å². The van der Waals surface area contributed by atoms with E-state index in [0.29, 0.717) is 13.0 Å². The number of hydrogen-bond donors (Lipinski definition) is 0. The van der Waals surface area contributed by atoms with E-state index in [2.05, 4.69) is 13.2 Å². The molecule has 18 heavy (non-hydrogen) atoms. The number of likely N-dealkylation sites (tertiary alicyclic amines) is 1. The molecule has 0 aromatic rings. The lowest BCUT2D eigenvalue weighted by atomic mass is 9.74. The smallest absolute Gasteiger partial charge is 0.236 e. The van der Waals surface area contributed by atoms with E-state index in [4.69, 9.17) is 0 Å². The molecule has 1 heterocycles. The predicted octanol–water partition coefficient (Wildman–Crippen LogP) is 2.48. The van der Waals surface area contributed by atoms with Crippen molar-refractivity contribution in [3.8, 4) is 0 Å². The lowest BCUT2D eigenvalue weighted by Gasteiger charge is -2.43. The number of hydrogen-bond acceptors (Lipinski definition) is 2. The zero-order valence-electron chi connectivity index (χ0n) is 10.9. The number of carbonyl (C=O) groups is 2. The maximum Gasteiger partial charge on any atom is 0.236 e. The molecule has 2 rings (SSSR count). The quantitative estimate of drug-likeness (QED) is 0.565. The highest BCUT2D eigenvalue weighted by Crippen LogP contribution is 2.45. The minimum atomic E-state index is -0.694. The molecule has 2 unspecified atom stereocenters. The topological polar surface area (TPSA) is 37.4 Å². The molecule has 3 nitrogen and oxygen atoms in total. The number of Topliss-reactive ketones (excluding diaryl/α,β-unsaturated/α-hetero) is 1. The number of amides is 1. The lowest BCUT2D eigenvalue weighted by Crippen LogP contribution is -2.55. The number of piperidine rings is 1. The van der Waals surface area contributed by atoms with E-state index in [9.17, 15) is 9.59 Å². The number of ketones is 1. The van der Waals surface area contributed by atoms with Gasteiger partial charge in [-0.1, -0.05) is 12.2 Å². The average Bonchev–Trinajstić information content (AvgIpc) is 2.72. The van der Waals surface area contributed by atoms with Gasteiger partial charge in [0.2, 0.25) is 5.91 Å². The molecular weight excluding hydrogens is 226 g/mol. The summed E-state index contributed by atoms with van der Waals surface area (Å²) in [4.78, 5) is 26.6. The number of carbonyl (C=O) groups excluding carboxylic acids is 2. The van der Waals surface area contributed by atoms with E-state index in [-0.39, 0.29) is 17.7 Å². The lowest BCUT2D eigenvalue weighted by molar-refractivity contribution is -0.154. The first-order valence-electron chi connectivity index (χ1n) is 6.72. The van der Waals surface area contributed by atoms with Gasteiger partial charge >= 0.3 is 0 Å². The van der Waals surface area contributed by atoms with Crippen LogP contribution < -0.4 is 0 Å². The van der Waals surface area contributed by atoms with Crippen LogP contribution in [0.5, 0.6) is 0 Å². The first-order valence-corrected chi connectivity index (χ1v) is 6.72. The van der Waals surface area contributed by atoms with Crippen molar-refractivity contribution in [2.45, 2.75) is 44.6 Å². The zero-order valence-corrected chi connectivity index (χ0v) is 10.9. The van der Waals surface area contributed by atoms with Gasteiger partial charge in [-0.3, -0.25) is 9.59 Å². The average molecular weight is 247 g/mol. The minimum absolute atomic E-state index is 0.0306. The Morgan fingerprint density at radius 3 is 2.61 bits per heavy atom. The van der Waals surface area contributed by atoms with Gasteiger partial charge in [-0.2, -0.15) is 0 Å². The molecule has 1 saturated heterocycles. The highest BCUT2D eigenvalue weighted by molar-refractivity contribution is 6.07. The highest BCUT2D eigenvalue weighted by atomic mass is 16.2. The summed E-state index contributed by atoms with van der Waals surface area (Å²) >= 11 is 0. The Labute approximate surface area is 109 Å². The Balaban J connectivity index is 2.25. The van der Waals surface area contributed by atoms with Crippen LogP contribution in [0, 0.1) is 5.41 Å². The summed E-state index contributed by atoms with van der Waals surface area (Å²) < 4.78 is 0. The van der Waals surface area contributed by atoms with Gasteiger partial charge in [-0.05, 0) is 32.1 Å². The van der Waals surface area contributed by atoms with Gasteiger partial charge in [0.05, 0.1) is 0 Å². The van der Waals surface area contributed by atoms with Crippen LogP contribution >= 0.6 is 0 Å². The van der Waals surface area contributed by atoms with Gasteiger partial charge in [0, 0.05) is 19.0 Å². The fourth-order valence-corrected chi connectivity index (χ4v) is 3.35. The van der Waals surface area contributed by atoms with Crippen LogP contribution in [0.25, 0.3) is 0 Å². The van der Waals surface area contributed by atoms with Crippen molar-refractivity contribution in [3.63, 3.8) is 0 Å². The van der Waals surface area contributed by atoms with Gasteiger partial charge in [-0.15, -0.1) is 13.2 Å². The molecule has 0 radical (unpaired) electrons. The molecule has 1 spiro atoms. The molecule has 1 amide bonds. The standard InChI is InChI=1S/C15H21NO2/c1-3-6-12-8-10-15(9-5-7-13(15)17)14(18)16(12)11-4-2/h3-4,12H,1-2,5-11H2. The van der Waals surface area contributed by atoms with Crippen LogP contribution in [0.15, 0.2) is 25.3 Å². The summed E-state index contributed by atoms with van der Waals surface area (Å²) in [6.07, 6.45) is 8.17. The third kappa shape index (κ3) is 1.92. The van der Waals surface area contributed by atoms with E-state index in [1.807, 2.05) is 11.0 Å². The predicted molar refractivity (Wildman–Crippen MR) is 71.0 cm³/mol. The van der Waals surface area contributed by atoms with Crippen LogP contribution in [0.1, 0.15) is 38.5 Å². The summed E-state index contributed by atoms with van der Waals surface area (Å²) in [7, 11) is 0. The molecule has 2 fully saturated rings. The van der Waals surface area contributed by atoms with Gasteiger partial charge in [0.15, 0.2) is 0 Å². The number of nitrogens with zero attached hydrogens (tertiary/aromatic N) is 1. The minimum Gasteiger partial charge on any atom is -0.335 e. The molecule has 0 aromatic carbocycles. The van der Waals surface area contributed by atoms with Crippen molar-refractivity contribution in [2.24, 2.45) is 5.41 Å². The van der Waals surface area contributed by atoms with Crippen molar-refractivity contribution in [1.29, 1.82) is 0 Å². The second-order valence-corrected chi connectivity index (χ2v) is 5.32. The van der Waals surface area contributed by atoms with Gasteiger partial charge in [-0.25, -0.2) is 0 Å². The summed E-state index contributed by atoms with van der Waals surface area (Å²) in [5.41, 5.74) is -0.694. The molecule has 0 bridgehead atoms. The third-order valence-corrected chi connectivity index (χ3v) is 4.32. The molecule has 1 aliphatic heterocycles. The van der Waals surface area contributed by atoms with Crippen LogP contribution in [-0.4, -0.2) is 29.2 Å².